The number of benzene rings is 1. The van der Waals surface area contributed by atoms with Crippen molar-refractivity contribution in [2.45, 2.75) is 12.0 Å². The van der Waals surface area contributed by atoms with Crippen LogP contribution in [0.4, 0.5) is 5.69 Å². The molecule has 2 heterocycles. The average Bonchev–Trinajstić information content (AvgIpc) is 2.62. The highest BCUT2D eigenvalue weighted by Gasteiger charge is 2.50. The van der Waals surface area contributed by atoms with E-state index in [4.69, 9.17) is 0 Å². The first-order valence-electron chi connectivity index (χ1n) is 8.00. The fourth-order valence-electron chi connectivity index (χ4n) is 3.21. The summed E-state index contributed by atoms with van der Waals surface area (Å²) in [5, 5.41) is 11.9. The summed E-state index contributed by atoms with van der Waals surface area (Å²) >= 11 is 0. The summed E-state index contributed by atoms with van der Waals surface area (Å²) in [7, 11) is 3.88. The summed E-state index contributed by atoms with van der Waals surface area (Å²) < 4.78 is 1.75. The Bertz CT molecular complexity index is 825. The van der Waals surface area contributed by atoms with E-state index in [2.05, 4.69) is 11.4 Å². The van der Waals surface area contributed by atoms with Gasteiger partial charge in [0.2, 0.25) is 11.9 Å². The normalized spacial score (nSPS) is 22.8. The third-order valence-electron chi connectivity index (χ3n) is 4.49. The summed E-state index contributed by atoms with van der Waals surface area (Å²) in [6.45, 7) is 0. The number of nitrogens with zero attached hydrogens (tertiary/aromatic N) is 3. The summed E-state index contributed by atoms with van der Waals surface area (Å²) in [6, 6.07) is 14.5. The number of nitriles is 1. The van der Waals surface area contributed by atoms with Gasteiger partial charge in [0.25, 0.3) is 5.91 Å². The van der Waals surface area contributed by atoms with Crippen LogP contribution >= 0.6 is 0 Å². The van der Waals surface area contributed by atoms with Crippen LogP contribution in [0.15, 0.2) is 54.9 Å². The molecule has 126 valence electrons. The molecule has 1 aromatic carbocycles. The third-order valence-corrected chi connectivity index (χ3v) is 4.49. The smallest absolute Gasteiger partial charge is 0.296 e. The van der Waals surface area contributed by atoms with Gasteiger partial charge in [-0.15, -0.1) is 0 Å². The van der Waals surface area contributed by atoms with Gasteiger partial charge in [-0.25, -0.2) is 0 Å². The summed E-state index contributed by atoms with van der Waals surface area (Å²) in [5.74, 6) is -2.41. The van der Waals surface area contributed by atoms with E-state index >= 15 is 0 Å². The van der Waals surface area contributed by atoms with Gasteiger partial charge < -0.3 is 4.90 Å². The quantitative estimate of drug-likeness (QED) is 0.674. The Morgan fingerprint density at radius 2 is 1.68 bits per heavy atom. The second kappa shape index (κ2) is 6.73. The van der Waals surface area contributed by atoms with Crippen LogP contribution in [-0.4, -0.2) is 25.9 Å². The van der Waals surface area contributed by atoms with Gasteiger partial charge in [0, 0.05) is 31.9 Å². The number of aromatic nitrogens is 1. The largest absolute Gasteiger partial charge is 0.378 e. The van der Waals surface area contributed by atoms with Gasteiger partial charge in [-0.3, -0.25) is 14.9 Å². The number of hydrogen-bond donors (Lipinski definition) is 1. The molecule has 6 nitrogen and oxygen atoms in total. The van der Waals surface area contributed by atoms with Gasteiger partial charge in [0.05, 0.1) is 12.0 Å². The molecule has 0 bridgehead atoms. The Morgan fingerprint density at radius 1 is 1.04 bits per heavy atom. The van der Waals surface area contributed by atoms with Gasteiger partial charge in [-0.05, 0) is 17.7 Å². The minimum atomic E-state index is -0.930. The zero-order valence-corrected chi connectivity index (χ0v) is 14.1. The fraction of sp³-hybridized carbons (Fsp3) is 0.263. The molecule has 0 aliphatic carbocycles. The maximum absolute atomic E-state index is 12.6. The van der Waals surface area contributed by atoms with E-state index in [0.717, 1.165) is 11.3 Å². The molecule has 2 amide bonds. The van der Waals surface area contributed by atoms with Crippen molar-refractivity contribution in [1.29, 1.82) is 5.26 Å². The monoisotopic (exact) mass is 335 g/mol. The lowest BCUT2D eigenvalue weighted by Crippen LogP contribution is -2.59. The van der Waals surface area contributed by atoms with E-state index in [1.54, 1.807) is 17.0 Å². The van der Waals surface area contributed by atoms with Crippen molar-refractivity contribution in [2.24, 2.45) is 5.92 Å². The number of hydrogen-bond acceptors (Lipinski definition) is 4. The molecule has 1 fully saturated rings. The topological polar surface area (TPSA) is 77.1 Å². The van der Waals surface area contributed by atoms with Crippen molar-refractivity contribution in [1.82, 2.24) is 5.32 Å². The molecular weight excluding hydrogens is 316 g/mol. The highest BCUT2D eigenvalue weighted by Crippen LogP contribution is 2.36. The van der Waals surface area contributed by atoms with Crippen molar-refractivity contribution >= 4 is 17.5 Å². The van der Waals surface area contributed by atoms with Crippen LogP contribution in [0.5, 0.6) is 0 Å². The number of piperidine rings is 1. The SMILES string of the molecule is CN(C)c1ccc(C2C(C#N)C(=O)NC(=O)C2[n+]2ccccc2)cc1. The van der Waals surface area contributed by atoms with Crippen molar-refractivity contribution in [2.75, 3.05) is 19.0 Å². The molecule has 3 atom stereocenters. The van der Waals surface area contributed by atoms with Gasteiger partial charge in [0.1, 0.15) is 5.92 Å². The van der Waals surface area contributed by atoms with Crippen LogP contribution in [-0.2, 0) is 9.59 Å². The number of rotatable bonds is 3. The molecule has 3 rings (SSSR count). The van der Waals surface area contributed by atoms with Crippen LogP contribution in [0.25, 0.3) is 0 Å². The zero-order chi connectivity index (χ0) is 18.0. The first-order chi connectivity index (χ1) is 12.0. The third kappa shape index (κ3) is 3.09. The van der Waals surface area contributed by atoms with Crippen molar-refractivity contribution in [3.63, 3.8) is 0 Å². The summed E-state index contributed by atoms with van der Waals surface area (Å²) in [6.07, 6.45) is 3.55. The fourth-order valence-corrected chi connectivity index (χ4v) is 3.21. The molecule has 1 saturated heterocycles. The molecule has 25 heavy (non-hydrogen) atoms. The number of carbonyl (C=O) groups is 2. The van der Waals surface area contributed by atoms with Gasteiger partial charge in [-0.2, -0.15) is 9.83 Å². The molecule has 0 radical (unpaired) electrons. The Kier molecular flexibility index (Phi) is 4.48. The molecule has 1 N–H and O–H groups in total. The lowest BCUT2D eigenvalue weighted by atomic mass is 9.77. The second-order valence-corrected chi connectivity index (χ2v) is 6.24. The molecule has 1 aliphatic rings. The van der Waals surface area contributed by atoms with Crippen LogP contribution in [0.3, 0.4) is 0 Å². The van der Waals surface area contributed by atoms with E-state index in [1.807, 2.05) is 61.5 Å². The standard InChI is InChI=1S/C19H18N4O2/c1-22(2)14-8-6-13(7-9-14)16-15(12-20)18(24)21-19(25)17(16)23-10-4-3-5-11-23/h3-11,15-17H,1-2H3/p+1. The Balaban J connectivity index is 2.09. The number of anilines is 1. The highest BCUT2D eigenvalue weighted by atomic mass is 16.2. The van der Waals surface area contributed by atoms with Crippen molar-refractivity contribution < 1.29 is 14.2 Å². The molecule has 1 aliphatic heterocycles. The number of pyridine rings is 1. The van der Waals surface area contributed by atoms with E-state index in [-0.39, 0.29) is 0 Å². The summed E-state index contributed by atoms with van der Waals surface area (Å²) in [5.41, 5.74) is 1.80. The van der Waals surface area contributed by atoms with E-state index in [1.165, 1.54) is 0 Å². The molecule has 3 unspecified atom stereocenters. The van der Waals surface area contributed by atoms with Crippen molar-refractivity contribution in [3.8, 4) is 6.07 Å². The minimum absolute atomic E-state index is 0.394. The molecule has 6 heteroatoms. The van der Waals surface area contributed by atoms with Gasteiger partial charge >= 0.3 is 0 Å². The molecule has 1 aromatic heterocycles. The van der Waals surface area contributed by atoms with Crippen LogP contribution in [0.1, 0.15) is 17.5 Å². The van der Waals surface area contributed by atoms with Gasteiger partial charge in [0.15, 0.2) is 12.4 Å². The number of carbonyl (C=O) groups excluding carboxylic acids is 2. The van der Waals surface area contributed by atoms with Crippen LogP contribution in [0, 0.1) is 17.2 Å². The molecular formula is C19H19N4O2+. The van der Waals surface area contributed by atoms with E-state index in [9.17, 15) is 14.9 Å². The Morgan fingerprint density at radius 3 is 2.24 bits per heavy atom. The van der Waals surface area contributed by atoms with Gasteiger partial charge in [-0.1, -0.05) is 18.2 Å². The molecule has 0 spiro atoms. The Labute approximate surface area is 146 Å². The maximum Gasteiger partial charge on any atom is 0.296 e. The van der Waals surface area contributed by atoms with E-state index in [0.29, 0.717) is 0 Å². The predicted octanol–water partition coefficient (Wildman–Crippen LogP) is 1.16. The lowest BCUT2D eigenvalue weighted by molar-refractivity contribution is -0.713. The van der Waals surface area contributed by atoms with Crippen molar-refractivity contribution in [3.05, 3.63) is 60.4 Å². The van der Waals surface area contributed by atoms with Crippen LogP contribution in [0.2, 0.25) is 0 Å². The highest BCUT2D eigenvalue weighted by molar-refractivity contribution is 6.02. The first kappa shape index (κ1) is 16.7. The summed E-state index contributed by atoms with van der Waals surface area (Å²) in [4.78, 5) is 26.7. The Hall–Kier alpha value is -3.20. The number of nitrogens with one attached hydrogen (secondary N) is 1. The minimum Gasteiger partial charge on any atom is -0.378 e. The second-order valence-electron chi connectivity index (χ2n) is 6.24. The first-order valence-corrected chi connectivity index (χ1v) is 8.00. The predicted molar refractivity (Wildman–Crippen MR) is 91.4 cm³/mol. The zero-order valence-electron chi connectivity index (χ0n) is 14.1. The van der Waals surface area contributed by atoms with E-state index < -0.39 is 29.7 Å². The number of imide groups is 1. The van der Waals surface area contributed by atoms with Crippen LogP contribution < -0.4 is 14.8 Å². The molecule has 0 saturated carbocycles. The lowest BCUT2D eigenvalue weighted by Gasteiger charge is -2.30. The molecule has 2 aromatic rings. The average molecular weight is 335 g/mol. The number of amides is 2. The maximum atomic E-state index is 12.6.